The predicted octanol–water partition coefficient (Wildman–Crippen LogP) is 7.96. The molecule has 0 saturated heterocycles. The molecule has 228 valence electrons. The van der Waals surface area contributed by atoms with Crippen molar-refractivity contribution in [3.8, 4) is 5.75 Å². The van der Waals surface area contributed by atoms with Crippen molar-refractivity contribution in [1.29, 1.82) is 0 Å². The fourth-order valence-electron chi connectivity index (χ4n) is 4.83. The molecular formula is C38H41NO5. The molecule has 4 aromatic carbocycles. The van der Waals surface area contributed by atoms with E-state index in [0.29, 0.717) is 38.3 Å². The number of esters is 2. The zero-order valence-electron chi connectivity index (χ0n) is 25.6. The summed E-state index contributed by atoms with van der Waals surface area (Å²) in [6.07, 6.45) is 6.24. The number of carbonyl (C=O) groups is 2. The minimum atomic E-state index is -0.350. The van der Waals surface area contributed by atoms with Crippen LogP contribution in [0, 0.1) is 0 Å². The molecule has 0 N–H and O–H groups in total. The zero-order valence-corrected chi connectivity index (χ0v) is 25.6. The second kappa shape index (κ2) is 17.4. The average Bonchev–Trinajstić information content (AvgIpc) is 3.06. The van der Waals surface area contributed by atoms with Gasteiger partial charge in [-0.2, -0.15) is 0 Å². The normalized spacial score (nSPS) is 11.1. The van der Waals surface area contributed by atoms with Crippen LogP contribution in [0.15, 0.2) is 103 Å². The summed E-state index contributed by atoms with van der Waals surface area (Å²) in [4.78, 5) is 26.1. The van der Waals surface area contributed by atoms with Gasteiger partial charge in [-0.25, -0.2) is 4.79 Å². The monoisotopic (exact) mass is 591 g/mol. The van der Waals surface area contributed by atoms with Crippen LogP contribution < -0.4 is 4.74 Å². The molecule has 0 atom stereocenters. The van der Waals surface area contributed by atoms with Gasteiger partial charge in [0.1, 0.15) is 12.4 Å². The molecule has 4 aromatic rings. The number of benzene rings is 4. The number of ether oxygens (including phenoxy) is 3. The second-order valence-corrected chi connectivity index (χ2v) is 10.5. The van der Waals surface area contributed by atoms with Crippen molar-refractivity contribution < 1.29 is 23.8 Å². The van der Waals surface area contributed by atoms with E-state index in [1.54, 1.807) is 12.1 Å². The maximum Gasteiger partial charge on any atom is 0.337 e. The molecular weight excluding hydrogens is 550 g/mol. The molecule has 44 heavy (non-hydrogen) atoms. The van der Waals surface area contributed by atoms with E-state index in [-0.39, 0.29) is 11.9 Å². The van der Waals surface area contributed by atoms with Crippen LogP contribution in [0.4, 0.5) is 0 Å². The molecule has 0 heterocycles. The smallest absolute Gasteiger partial charge is 0.337 e. The third-order valence-electron chi connectivity index (χ3n) is 7.20. The Morgan fingerprint density at radius 3 is 2.09 bits per heavy atom. The molecule has 0 saturated carbocycles. The fraction of sp³-hybridized carbons (Fsp3) is 0.263. The lowest BCUT2D eigenvalue weighted by molar-refractivity contribution is -0.143. The minimum Gasteiger partial charge on any atom is -0.489 e. The third-order valence-corrected chi connectivity index (χ3v) is 7.20. The first-order valence-electron chi connectivity index (χ1n) is 15.1. The first kappa shape index (κ1) is 32.2. The Morgan fingerprint density at radius 1 is 0.727 bits per heavy atom. The average molecular weight is 592 g/mol. The SMILES string of the molecule is CCOC(=O)CCCCN(Cc1ccc(C(=O)OC)cc1)Cc1ccccc1OCc1ccc(C=Cc2ccccc2)cc1. The number of rotatable bonds is 16. The van der Waals surface area contributed by atoms with Crippen molar-refractivity contribution in [1.82, 2.24) is 4.90 Å². The number of carbonyl (C=O) groups excluding carboxylic acids is 2. The second-order valence-electron chi connectivity index (χ2n) is 10.5. The number of hydrogen-bond donors (Lipinski definition) is 0. The molecule has 6 heteroatoms. The summed E-state index contributed by atoms with van der Waals surface area (Å²) in [5.74, 6) is 0.339. The highest BCUT2D eigenvalue weighted by Crippen LogP contribution is 2.23. The van der Waals surface area contributed by atoms with Gasteiger partial charge in [0.05, 0.1) is 19.3 Å². The summed E-state index contributed by atoms with van der Waals surface area (Å²) in [7, 11) is 1.38. The van der Waals surface area contributed by atoms with Crippen LogP contribution in [0.2, 0.25) is 0 Å². The van der Waals surface area contributed by atoms with E-state index in [1.165, 1.54) is 12.7 Å². The van der Waals surface area contributed by atoms with E-state index in [0.717, 1.165) is 47.4 Å². The highest BCUT2D eigenvalue weighted by atomic mass is 16.5. The minimum absolute atomic E-state index is 0.156. The molecule has 0 aliphatic rings. The topological polar surface area (TPSA) is 65.1 Å². The number of para-hydroxylation sites is 1. The van der Waals surface area contributed by atoms with Gasteiger partial charge in [-0.15, -0.1) is 0 Å². The van der Waals surface area contributed by atoms with Crippen LogP contribution in [-0.2, 0) is 34.0 Å². The van der Waals surface area contributed by atoms with Gasteiger partial charge in [0.2, 0.25) is 0 Å². The maximum absolute atomic E-state index is 11.9. The molecule has 0 aliphatic heterocycles. The quantitative estimate of drug-likeness (QED) is 0.0748. The van der Waals surface area contributed by atoms with Gasteiger partial charge >= 0.3 is 11.9 Å². The van der Waals surface area contributed by atoms with Crippen molar-refractivity contribution in [3.63, 3.8) is 0 Å². The van der Waals surface area contributed by atoms with Gasteiger partial charge in [0, 0.05) is 25.1 Å². The summed E-state index contributed by atoms with van der Waals surface area (Å²) >= 11 is 0. The zero-order chi connectivity index (χ0) is 31.0. The molecule has 0 spiro atoms. The fourth-order valence-corrected chi connectivity index (χ4v) is 4.83. The van der Waals surface area contributed by atoms with E-state index in [2.05, 4.69) is 59.5 Å². The molecule has 0 radical (unpaired) electrons. The van der Waals surface area contributed by atoms with Crippen LogP contribution in [0.3, 0.4) is 0 Å². The summed E-state index contributed by atoms with van der Waals surface area (Å²) in [5, 5.41) is 0. The molecule has 4 rings (SSSR count). The van der Waals surface area contributed by atoms with Crippen molar-refractivity contribution in [3.05, 3.63) is 137 Å². The van der Waals surface area contributed by atoms with E-state index in [1.807, 2.05) is 55.5 Å². The van der Waals surface area contributed by atoms with Crippen molar-refractivity contribution >= 4 is 24.1 Å². The van der Waals surface area contributed by atoms with E-state index >= 15 is 0 Å². The van der Waals surface area contributed by atoms with Gasteiger partial charge in [0.15, 0.2) is 0 Å². The maximum atomic E-state index is 11.9. The molecule has 0 aliphatic carbocycles. The van der Waals surface area contributed by atoms with Crippen LogP contribution in [0.25, 0.3) is 12.2 Å². The van der Waals surface area contributed by atoms with E-state index in [9.17, 15) is 9.59 Å². The Bertz CT molecular complexity index is 1480. The van der Waals surface area contributed by atoms with Crippen LogP contribution in [0.1, 0.15) is 64.4 Å². The first-order chi connectivity index (χ1) is 21.5. The van der Waals surface area contributed by atoms with Crippen molar-refractivity contribution in [2.24, 2.45) is 0 Å². The van der Waals surface area contributed by atoms with Crippen LogP contribution >= 0.6 is 0 Å². The summed E-state index contributed by atoms with van der Waals surface area (Å²) in [6, 6.07) is 34.3. The summed E-state index contributed by atoms with van der Waals surface area (Å²) in [6.45, 7) is 4.85. The van der Waals surface area contributed by atoms with Gasteiger partial charge in [-0.1, -0.05) is 97.1 Å². The van der Waals surface area contributed by atoms with Crippen molar-refractivity contribution in [2.75, 3.05) is 20.3 Å². The lowest BCUT2D eigenvalue weighted by Gasteiger charge is -2.24. The molecule has 0 amide bonds. The Hall–Kier alpha value is -4.68. The summed E-state index contributed by atoms with van der Waals surface area (Å²) < 4.78 is 16.2. The summed E-state index contributed by atoms with van der Waals surface area (Å²) in [5.41, 5.74) is 6.10. The van der Waals surface area contributed by atoms with Gasteiger partial charge in [0.25, 0.3) is 0 Å². The molecule has 0 unspecified atom stereocenters. The first-order valence-corrected chi connectivity index (χ1v) is 15.1. The standard InChI is InChI=1S/C38H41NO5/c1-3-43-37(40)15-9-10-26-39(27-32-22-24-34(25-23-32)38(41)42-2)28-35-13-7-8-14-36(35)44-29-33-20-18-31(19-21-33)17-16-30-11-5-4-6-12-30/h4-8,11-14,16-25H,3,9-10,15,26-29H2,1-2H3. The van der Waals surface area contributed by atoms with Crippen molar-refractivity contribution in [2.45, 2.75) is 45.9 Å². The number of hydrogen-bond acceptors (Lipinski definition) is 6. The molecule has 6 nitrogen and oxygen atoms in total. The van der Waals surface area contributed by atoms with Crippen LogP contribution in [0.5, 0.6) is 5.75 Å². The van der Waals surface area contributed by atoms with E-state index in [4.69, 9.17) is 14.2 Å². The molecule has 0 fully saturated rings. The highest BCUT2D eigenvalue weighted by Gasteiger charge is 2.13. The predicted molar refractivity (Wildman–Crippen MR) is 175 cm³/mol. The Balaban J connectivity index is 1.39. The van der Waals surface area contributed by atoms with Gasteiger partial charge < -0.3 is 14.2 Å². The number of nitrogens with zero attached hydrogens (tertiary/aromatic N) is 1. The largest absolute Gasteiger partial charge is 0.489 e. The Kier molecular flexibility index (Phi) is 12.8. The van der Waals surface area contributed by atoms with E-state index < -0.39 is 0 Å². The van der Waals surface area contributed by atoms with Gasteiger partial charge in [-0.05, 0) is 66.8 Å². The lowest BCUT2D eigenvalue weighted by Crippen LogP contribution is -2.24. The lowest BCUT2D eigenvalue weighted by atomic mass is 10.1. The number of unbranched alkanes of at least 4 members (excludes halogenated alkanes) is 1. The number of methoxy groups -OCH3 is 1. The molecule has 0 bridgehead atoms. The Morgan fingerprint density at radius 2 is 1.39 bits per heavy atom. The molecule has 0 aromatic heterocycles. The van der Waals surface area contributed by atoms with Crippen LogP contribution in [-0.4, -0.2) is 37.1 Å². The highest BCUT2D eigenvalue weighted by molar-refractivity contribution is 5.89. The Labute approximate surface area is 260 Å². The third kappa shape index (κ3) is 10.5. The van der Waals surface area contributed by atoms with Gasteiger partial charge in [-0.3, -0.25) is 9.69 Å².